The Labute approximate surface area is 137 Å². The Kier molecular flexibility index (Phi) is 4.36. The van der Waals surface area contributed by atoms with E-state index >= 15 is 0 Å². The predicted octanol–water partition coefficient (Wildman–Crippen LogP) is 3.35. The Morgan fingerprint density at radius 2 is 1.86 bits per heavy atom. The van der Waals surface area contributed by atoms with Gasteiger partial charge >= 0.3 is 5.56 Å². The van der Waals surface area contributed by atoms with Gasteiger partial charge in [0.05, 0.1) is 17.6 Å². The number of halogens is 1. The number of para-hydroxylation sites is 2. The molecular weight excluding hydrogens is 320 g/mol. The average Bonchev–Trinajstić information content (AvgIpc) is 2.54. The van der Waals surface area contributed by atoms with Crippen molar-refractivity contribution in [2.75, 3.05) is 12.4 Å². The van der Waals surface area contributed by atoms with Crippen LogP contribution in [-0.2, 0) is 0 Å². The minimum Gasteiger partial charge on any atom is -0.473 e. The highest BCUT2D eigenvalue weighted by Gasteiger charge is 2.13. The molecule has 1 aromatic heterocycles. The number of fused-ring (bicyclic) bond motifs is 1. The first kappa shape index (κ1) is 14.9. The standard InChI is InChI=1S/C16H13ClN2O2S/c17-11-5-7-12(8-6-11)19-14-4-2-1-3-13(14)18-15(16(19)20)21-9-10-22/h1-8,22H,9-10H2. The van der Waals surface area contributed by atoms with E-state index in [2.05, 4.69) is 17.6 Å². The van der Waals surface area contributed by atoms with Gasteiger partial charge in [-0.15, -0.1) is 0 Å². The van der Waals surface area contributed by atoms with E-state index < -0.39 is 0 Å². The molecule has 2 aromatic carbocycles. The van der Waals surface area contributed by atoms with Crippen LogP contribution in [0.3, 0.4) is 0 Å². The van der Waals surface area contributed by atoms with Crippen LogP contribution in [0.2, 0.25) is 5.02 Å². The molecule has 1 heterocycles. The summed E-state index contributed by atoms with van der Waals surface area (Å²) >= 11 is 10.0. The summed E-state index contributed by atoms with van der Waals surface area (Å²) in [5.41, 5.74) is 1.81. The van der Waals surface area contributed by atoms with Crippen molar-refractivity contribution < 1.29 is 4.74 Å². The Morgan fingerprint density at radius 1 is 1.14 bits per heavy atom. The van der Waals surface area contributed by atoms with Gasteiger partial charge in [-0.25, -0.2) is 4.98 Å². The molecule has 0 bridgehead atoms. The third kappa shape index (κ3) is 2.82. The highest BCUT2D eigenvalue weighted by molar-refractivity contribution is 7.80. The Morgan fingerprint density at radius 3 is 2.59 bits per heavy atom. The molecule has 22 heavy (non-hydrogen) atoms. The normalized spacial score (nSPS) is 10.8. The first-order valence-corrected chi connectivity index (χ1v) is 7.73. The molecule has 0 atom stereocenters. The lowest BCUT2D eigenvalue weighted by Gasteiger charge is -2.12. The zero-order valence-corrected chi connectivity index (χ0v) is 13.2. The highest BCUT2D eigenvalue weighted by atomic mass is 35.5. The van der Waals surface area contributed by atoms with Gasteiger partial charge in [-0.05, 0) is 36.4 Å². The van der Waals surface area contributed by atoms with E-state index in [9.17, 15) is 4.79 Å². The average molecular weight is 333 g/mol. The molecule has 0 saturated carbocycles. The lowest BCUT2D eigenvalue weighted by Crippen LogP contribution is -2.23. The summed E-state index contributed by atoms with van der Waals surface area (Å²) in [5.74, 6) is 0.581. The molecule has 0 saturated heterocycles. The largest absolute Gasteiger partial charge is 0.473 e. The second-order valence-electron chi connectivity index (χ2n) is 4.59. The number of rotatable bonds is 4. The molecule has 0 fully saturated rings. The fourth-order valence-electron chi connectivity index (χ4n) is 2.19. The van der Waals surface area contributed by atoms with Crippen molar-refractivity contribution in [2.24, 2.45) is 0 Å². The number of nitrogens with zero attached hydrogens (tertiary/aromatic N) is 2. The maximum absolute atomic E-state index is 12.7. The molecular formula is C16H13ClN2O2S. The number of hydrogen-bond acceptors (Lipinski definition) is 4. The van der Waals surface area contributed by atoms with Crippen LogP contribution in [-0.4, -0.2) is 21.9 Å². The summed E-state index contributed by atoms with van der Waals surface area (Å²) < 4.78 is 7.01. The van der Waals surface area contributed by atoms with E-state index in [1.165, 1.54) is 0 Å². The van der Waals surface area contributed by atoms with Gasteiger partial charge < -0.3 is 4.74 Å². The van der Waals surface area contributed by atoms with Crippen LogP contribution in [0.25, 0.3) is 16.7 Å². The Hall–Kier alpha value is -1.98. The fourth-order valence-corrected chi connectivity index (χ4v) is 2.41. The van der Waals surface area contributed by atoms with Crippen molar-refractivity contribution >= 4 is 35.3 Å². The molecule has 0 unspecified atom stereocenters. The zero-order valence-electron chi connectivity index (χ0n) is 11.6. The molecule has 3 aromatic rings. The van der Waals surface area contributed by atoms with E-state index in [1.807, 2.05) is 24.3 Å². The molecule has 0 spiro atoms. The van der Waals surface area contributed by atoms with Gasteiger partial charge in [-0.3, -0.25) is 9.36 Å². The molecule has 0 N–H and O–H groups in total. The maximum Gasteiger partial charge on any atom is 0.318 e. The van der Waals surface area contributed by atoms with Crippen molar-refractivity contribution in [3.8, 4) is 11.6 Å². The van der Waals surface area contributed by atoms with Crippen LogP contribution < -0.4 is 10.3 Å². The SMILES string of the molecule is O=c1c(OCCS)nc2ccccc2n1-c1ccc(Cl)cc1. The van der Waals surface area contributed by atoms with Gasteiger partial charge in [-0.2, -0.15) is 12.6 Å². The molecule has 112 valence electrons. The minimum atomic E-state index is -0.303. The second kappa shape index (κ2) is 6.42. The van der Waals surface area contributed by atoms with Crippen LogP contribution in [0.4, 0.5) is 0 Å². The van der Waals surface area contributed by atoms with Crippen molar-refractivity contribution in [1.82, 2.24) is 9.55 Å². The Bertz CT molecular complexity index is 862. The van der Waals surface area contributed by atoms with Crippen molar-refractivity contribution in [3.63, 3.8) is 0 Å². The van der Waals surface area contributed by atoms with Crippen molar-refractivity contribution in [2.45, 2.75) is 0 Å². The van der Waals surface area contributed by atoms with Crippen LogP contribution in [0.15, 0.2) is 53.3 Å². The first-order chi connectivity index (χ1) is 10.7. The molecule has 0 radical (unpaired) electrons. The molecule has 0 aliphatic heterocycles. The summed E-state index contributed by atoms with van der Waals surface area (Å²) in [6.07, 6.45) is 0. The molecule has 3 rings (SSSR count). The predicted molar refractivity (Wildman–Crippen MR) is 91.7 cm³/mol. The van der Waals surface area contributed by atoms with Crippen LogP contribution in [0.1, 0.15) is 0 Å². The van der Waals surface area contributed by atoms with E-state index in [0.29, 0.717) is 34.1 Å². The highest BCUT2D eigenvalue weighted by Crippen LogP contribution is 2.19. The molecule has 4 nitrogen and oxygen atoms in total. The number of aromatic nitrogens is 2. The summed E-state index contributed by atoms with van der Waals surface area (Å²) in [6.45, 7) is 0.324. The van der Waals surface area contributed by atoms with Gasteiger partial charge in [-0.1, -0.05) is 23.7 Å². The fraction of sp³-hybridized carbons (Fsp3) is 0.125. The summed E-state index contributed by atoms with van der Waals surface area (Å²) in [6, 6.07) is 14.5. The zero-order chi connectivity index (χ0) is 15.5. The summed E-state index contributed by atoms with van der Waals surface area (Å²) in [4.78, 5) is 17.0. The number of hydrogen-bond donors (Lipinski definition) is 1. The number of benzene rings is 2. The van der Waals surface area contributed by atoms with Crippen molar-refractivity contribution in [1.29, 1.82) is 0 Å². The lowest BCUT2D eigenvalue weighted by atomic mass is 10.2. The smallest absolute Gasteiger partial charge is 0.318 e. The summed E-state index contributed by atoms with van der Waals surface area (Å²) in [7, 11) is 0. The number of ether oxygens (including phenoxy) is 1. The van der Waals surface area contributed by atoms with Crippen molar-refractivity contribution in [3.05, 3.63) is 63.9 Å². The van der Waals surface area contributed by atoms with Crippen LogP contribution in [0, 0.1) is 0 Å². The molecule has 0 aliphatic carbocycles. The Balaban J connectivity index is 2.28. The van der Waals surface area contributed by atoms with Crippen LogP contribution >= 0.6 is 24.2 Å². The first-order valence-electron chi connectivity index (χ1n) is 6.72. The van der Waals surface area contributed by atoms with E-state index in [4.69, 9.17) is 16.3 Å². The topological polar surface area (TPSA) is 44.1 Å². The van der Waals surface area contributed by atoms with E-state index in [0.717, 1.165) is 0 Å². The van der Waals surface area contributed by atoms with E-state index in [-0.39, 0.29) is 11.4 Å². The van der Waals surface area contributed by atoms with Gasteiger partial charge in [0.25, 0.3) is 5.88 Å². The monoisotopic (exact) mass is 332 g/mol. The van der Waals surface area contributed by atoms with Gasteiger partial charge in [0, 0.05) is 16.5 Å². The van der Waals surface area contributed by atoms with Crippen LogP contribution in [0.5, 0.6) is 5.88 Å². The third-order valence-corrected chi connectivity index (χ3v) is 3.58. The lowest BCUT2D eigenvalue weighted by molar-refractivity contribution is 0.325. The summed E-state index contributed by atoms with van der Waals surface area (Å²) in [5, 5.41) is 0.613. The third-order valence-electron chi connectivity index (χ3n) is 3.15. The quantitative estimate of drug-likeness (QED) is 0.745. The van der Waals surface area contributed by atoms with Gasteiger partial charge in [0.1, 0.15) is 0 Å². The number of thiol groups is 1. The molecule has 0 amide bonds. The van der Waals surface area contributed by atoms with Gasteiger partial charge in [0.2, 0.25) is 0 Å². The minimum absolute atomic E-state index is 0.0719. The van der Waals surface area contributed by atoms with Gasteiger partial charge in [0.15, 0.2) is 0 Å². The molecule has 6 heteroatoms. The van der Waals surface area contributed by atoms with E-state index in [1.54, 1.807) is 28.8 Å². The second-order valence-corrected chi connectivity index (χ2v) is 5.48. The maximum atomic E-state index is 12.7. The molecule has 0 aliphatic rings.